The highest BCUT2D eigenvalue weighted by atomic mass is 79.9. The number of aryl methyl sites for hydroxylation is 2. The zero-order valence-corrected chi connectivity index (χ0v) is 26.6. The van der Waals surface area contributed by atoms with E-state index in [1.165, 1.54) is 44.5 Å². The zero-order valence-electron chi connectivity index (χ0n) is 23.5. The smallest absolute Gasteiger partial charge is 0.0390 e. The van der Waals surface area contributed by atoms with Crippen molar-refractivity contribution in [3.63, 3.8) is 0 Å². The van der Waals surface area contributed by atoms with E-state index in [1.807, 2.05) is 0 Å². The molecule has 0 spiro atoms. The first-order valence-electron chi connectivity index (χ1n) is 13.9. The quantitative estimate of drug-likeness (QED) is 0.176. The number of nitrogens with one attached hydrogen (secondary N) is 2. The van der Waals surface area contributed by atoms with Crippen molar-refractivity contribution in [1.82, 2.24) is 0 Å². The summed E-state index contributed by atoms with van der Waals surface area (Å²) < 4.78 is 2.21. The van der Waals surface area contributed by atoms with E-state index >= 15 is 0 Å². The van der Waals surface area contributed by atoms with Crippen molar-refractivity contribution in [2.24, 2.45) is 0 Å². The Morgan fingerprint density at radius 2 is 0.738 bits per heavy atom. The molecular weight excluding hydrogens is 644 g/mol. The van der Waals surface area contributed by atoms with Crippen molar-refractivity contribution in [3.8, 4) is 33.4 Å². The van der Waals surface area contributed by atoms with Crippen molar-refractivity contribution in [2.45, 2.75) is 13.8 Å². The topological polar surface area (TPSA) is 24.1 Å². The molecule has 42 heavy (non-hydrogen) atoms. The van der Waals surface area contributed by atoms with E-state index in [0.717, 1.165) is 31.7 Å². The van der Waals surface area contributed by atoms with Gasteiger partial charge in [0.1, 0.15) is 0 Å². The summed E-state index contributed by atoms with van der Waals surface area (Å²) in [5.41, 5.74) is 13.7. The summed E-state index contributed by atoms with van der Waals surface area (Å²) in [6, 6.07) is 47.3. The summed E-state index contributed by atoms with van der Waals surface area (Å²) in [6.07, 6.45) is 0. The van der Waals surface area contributed by atoms with Crippen LogP contribution in [0.25, 0.3) is 33.4 Å². The molecule has 0 radical (unpaired) electrons. The Morgan fingerprint density at radius 1 is 0.381 bits per heavy atom. The average molecular weight is 674 g/mol. The molecule has 6 aromatic carbocycles. The molecule has 0 bridgehead atoms. The summed E-state index contributed by atoms with van der Waals surface area (Å²) in [7, 11) is 0. The van der Waals surface area contributed by atoms with Gasteiger partial charge in [0.25, 0.3) is 0 Å². The van der Waals surface area contributed by atoms with Crippen LogP contribution < -0.4 is 10.6 Å². The molecule has 2 N–H and O–H groups in total. The van der Waals surface area contributed by atoms with Crippen LogP contribution in [0.15, 0.2) is 142 Å². The first-order valence-corrected chi connectivity index (χ1v) is 15.5. The Morgan fingerprint density at radius 3 is 1.12 bits per heavy atom. The third-order valence-electron chi connectivity index (χ3n) is 7.39. The Kier molecular flexibility index (Phi) is 8.27. The molecule has 0 unspecified atom stereocenters. The third-order valence-corrected chi connectivity index (χ3v) is 9.17. The molecular formula is C38H30Br2N2. The van der Waals surface area contributed by atoms with Gasteiger partial charge in [-0.05, 0) is 119 Å². The Balaban J connectivity index is 1.46. The van der Waals surface area contributed by atoms with Gasteiger partial charge in [0.05, 0.1) is 0 Å². The van der Waals surface area contributed by atoms with Crippen molar-refractivity contribution >= 4 is 54.6 Å². The maximum atomic E-state index is 3.62. The highest BCUT2D eigenvalue weighted by Gasteiger charge is 2.15. The first kappa shape index (κ1) is 28.0. The molecule has 0 aromatic heterocycles. The maximum absolute atomic E-state index is 3.62. The molecule has 0 heterocycles. The average Bonchev–Trinajstić information content (AvgIpc) is 3.02. The van der Waals surface area contributed by atoms with Crippen LogP contribution in [-0.4, -0.2) is 0 Å². The molecule has 4 heteroatoms. The van der Waals surface area contributed by atoms with Gasteiger partial charge in [-0.1, -0.05) is 105 Å². The molecule has 0 aliphatic rings. The zero-order chi connectivity index (χ0) is 29.1. The van der Waals surface area contributed by atoms with Crippen LogP contribution in [0.4, 0.5) is 22.7 Å². The lowest BCUT2D eigenvalue weighted by molar-refractivity contribution is 1.41. The fourth-order valence-corrected chi connectivity index (χ4v) is 5.70. The minimum atomic E-state index is 1.05. The number of anilines is 4. The summed E-state index contributed by atoms with van der Waals surface area (Å²) in [6.45, 7) is 4.21. The van der Waals surface area contributed by atoms with Gasteiger partial charge in [-0.25, -0.2) is 0 Å². The van der Waals surface area contributed by atoms with Crippen LogP contribution in [0.5, 0.6) is 0 Å². The molecule has 0 aliphatic carbocycles. The molecule has 2 nitrogen and oxygen atoms in total. The summed E-state index contributed by atoms with van der Waals surface area (Å²) in [4.78, 5) is 0. The lowest BCUT2D eigenvalue weighted by atomic mass is 9.88. The predicted octanol–water partition coefficient (Wildman–Crippen LogP) is 12.3. The fourth-order valence-electron chi connectivity index (χ4n) is 5.21. The highest BCUT2D eigenvalue weighted by Crippen LogP contribution is 2.41. The van der Waals surface area contributed by atoms with Crippen LogP contribution in [0.1, 0.15) is 11.1 Å². The minimum absolute atomic E-state index is 1.05. The van der Waals surface area contributed by atoms with Crippen LogP contribution in [0, 0.1) is 13.8 Å². The second-order valence-electron chi connectivity index (χ2n) is 10.4. The van der Waals surface area contributed by atoms with E-state index in [9.17, 15) is 0 Å². The van der Waals surface area contributed by atoms with Gasteiger partial charge in [0, 0.05) is 31.7 Å². The van der Waals surface area contributed by atoms with Gasteiger partial charge >= 0.3 is 0 Å². The molecule has 0 fully saturated rings. The number of hydrogen-bond acceptors (Lipinski definition) is 2. The van der Waals surface area contributed by atoms with Gasteiger partial charge < -0.3 is 10.6 Å². The van der Waals surface area contributed by atoms with Crippen LogP contribution in [0.2, 0.25) is 0 Å². The molecule has 206 valence electrons. The Bertz CT molecular complexity index is 1730. The SMILES string of the molecule is Cc1cc(Nc2ccc(-c3ccc(Nc4ccc(Br)c(C)c4)cc3-c3ccccc3)c(-c3ccccc3)c2)ccc1Br. The predicted molar refractivity (Wildman–Crippen MR) is 187 cm³/mol. The Hall–Kier alpha value is -4.12. The monoisotopic (exact) mass is 672 g/mol. The van der Waals surface area contributed by atoms with Crippen LogP contribution in [0.3, 0.4) is 0 Å². The second-order valence-corrected chi connectivity index (χ2v) is 12.1. The molecule has 0 saturated carbocycles. The van der Waals surface area contributed by atoms with Gasteiger partial charge in [0.2, 0.25) is 0 Å². The summed E-state index contributed by atoms with van der Waals surface area (Å²) >= 11 is 7.23. The fraction of sp³-hybridized carbons (Fsp3) is 0.0526. The largest absolute Gasteiger partial charge is 0.355 e. The molecule has 0 amide bonds. The van der Waals surface area contributed by atoms with Crippen molar-refractivity contribution in [1.29, 1.82) is 0 Å². The van der Waals surface area contributed by atoms with E-state index < -0.39 is 0 Å². The standard InChI is InChI=1S/C38H30Br2N2/c1-25-21-29(15-19-37(25)39)41-31-13-17-33(35(23-31)27-9-5-3-6-10-27)34-18-14-32(24-36(34)28-11-7-4-8-12-28)42-30-16-20-38(40)26(2)22-30/h3-24,41-42H,1-2H3. The molecule has 6 aromatic rings. The van der Waals surface area contributed by atoms with Crippen LogP contribution >= 0.6 is 31.9 Å². The van der Waals surface area contributed by atoms with E-state index in [0.29, 0.717) is 0 Å². The highest BCUT2D eigenvalue weighted by molar-refractivity contribution is 9.10. The number of halogens is 2. The normalized spacial score (nSPS) is 10.9. The molecule has 0 saturated heterocycles. The van der Waals surface area contributed by atoms with E-state index in [4.69, 9.17) is 0 Å². The number of hydrogen-bond donors (Lipinski definition) is 2. The second kappa shape index (κ2) is 12.4. The first-order chi connectivity index (χ1) is 20.4. The maximum Gasteiger partial charge on any atom is 0.0390 e. The van der Waals surface area contributed by atoms with E-state index in [-0.39, 0.29) is 0 Å². The van der Waals surface area contributed by atoms with Crippen LogP contribution in [-0.2, 0) is 0 Å². The molecule has 6 rings (SSSR count). The summed E-state index contributed by atoms with van der Waals surface area (Å²) in [5, 5.41) is 7.24. The molecule has 0 atom stereocenters. The van der Waals surface area contributed by atoms with Crippen molar-refractivity contribution < 1.29 is 0 Å². The Labute approximate surface area is 264 Å². The van der Waals surface area contributed by atoms with E-state index in [1.54, 1.807) is 0 Å². The van der Waals surface area contributed by atoms with Gasteiger partial charge in [-0.15, -0.1) is 0 Å². The van der Waals surface area contributed by atoms with Crippen molar-refractivity contribution in [3.05, 3.63) is 154 Å². The van der Waals surface area contributed by atoms with Crippen molar-refractivity contribution in [2.75, 3.05) is 10.6 Å². The van der Waals surface area contributed by atoms with Gasteiger partial charge in [-0.3, -0.25) is 0 Å². The number of benzene rings is 6. The van der Waals surface area contributed by atoms with Gasteiger partial charge in [-0.2, -0.15) is 0 Å². The lowest BCUT2D eigenvalue weighted by Crippen LogP contribution is -1.96. The lowest BCUT2D eigenvalue weighted by Gasteiger charge is -2.19. The minimum Gasteiger partial charge on any atom is -0.355 e. The van der Waals surface area contributed by atoms with Gasteiger partial charge in [0.15, 0.2) is 0 Å². The summed E-state index contributed by atoms with van der Waals surface area (Å²) in [5.74, 6) is 0. The third kappa shape index (κ3) is 6.20. The van der Waals surface area contributed by atoms with E-state index in [2.05, 4.69) is 190 Å². The number of rotatable bonds is 7. The molecule has 0 aliphatic heterocycles.